The molecule has 0 radical (unpaired) electrons. The summed E-state index contributed by atoms with van der Waals surface area (Å²) in [5, 5.41) is 12.6. The molecule has 138 valence electrons. The van der Waals surface area contributed by atoms with E-state index in [2.05, 4.69) is 21.0 Å². The van der Waals surface area contributed by atoms with Gasteiger partial charge in [-0.3, -0.25) is 14.3 Å². The number of aryl methyl sites for hydroxylation is 1. The molecule has 0 aliphatic rings. The molecule has 8 nitrogen and oxygen atoms in total. The topological polar surface area (TPSA) is 105 Å². The van der Waals surface area contributed by atoms with Crippen LogP contribution in [0.25, 0.3) is 10.9 Å². The lowest BCUT2D eigenvalue weighted by molar-refractivity contribution is -0.116. The number of benzene rings is 2. The van der Waals surface area contributed by atoms with Crippen LogP contribution in [0.5, 0.6) is 0 Å². The summed E-state index contributed by atoms with van der Waals surface area (Å²) in [6.45, 7) is 0.350. The van der Waals surface area contributed by atoms with E-state index >= 15 is 0 Å². The van der Waals surface area contributed by atoms with E-state index < -0.39 is 0 Å². The summed E-state index contributed by atoms with van der Waals surface area (Å²) in [5.74, 6) is -0.174. The number of amides is 3. The number of carbonyl (C=O) groups is 2. The van der Waals surface area contributed by atoms with Gasteiger partial charge in [0.1, 0.15) is 0 Å². The van der Waals surface area contributed by atoms with E-state index in [1.165, 1.54) is 13.2 Å². The SMILES string of the molecule is CNC(=O)Nc1ccc(NC(=O)CCn2ncc(=O)c3ccccc32)cc1. The number of fused-ring (bicyclic) bond motifs is 1. The highest BCUT2D eigenvalue weighted by Gasteiger charge is 2.07. The number of para-hydroxylation sites is 1. The summed E-state index contributed by atoms with van der Waals surface area (Å²) in [7, 11) is 1.53. The maximum absolute atomic E-state index is 12.2. The molecule has 0 aliphatic heterocycles. The Hall–Kier alpha value is -3.68. The summed E-state index contributed by atoms with van der Waals surface area (Å²) in [5.41, 5.74) is 1.80. The second-order valence-electron chi connectivity index (χ2n) is 5.83. The van der Waals surface area contributed by atoms with Gasteiger partial charge >= 0.3 is 6.03 Å². The number of carbonyl (C=O) groups excluding carboxylic acids is 2. The van der Waals surface area contributed by atoms with Crippen LogP contribution in [0, 0.1) is 0 Å². The van der Waals surface area contributed by atoms with Crippen molar-refractivity contribution in [1.82, 2.24) is 15.1 Å². The van der Waals surface area contributed by atoms with E-state index in [0.29, 0.717) is 28.8 Å². The van der Waals surface area contributed by atoms with Crippen molar-refractivity contribution in [2.45, 2.75) is 13.0 Å². The first kappa shape index (κ1) is 18.1. The molecule has 1 heterocycles. The molecule has 1 aromatic heterocycles. The molecule has 3 N–H and O–H groups in total. The Labute approximate surface area is 155 Å². The third-order valence-corrected chi connectivity index (χ3v) is 3.97. The Morgan fingerprint density at radius 2 is 1.67 bits per heavy atom. The summed E-state index contributed by atoms with van der Waals surface area (Å²) >= 11 is 0. The zero-order chi connectivity index (χ0) is 19.2. The van der Waals surface area contributed by atoms with Crippen molar-refractivity contribution in [3.8, 4) is 0 Å². The quantitative estimate of drug-likeness (QED) is 0.644. The first-order valence-electron chi connectivity index (χ1n) is 8.40. The van der Waals surface area contributed by atoms with Crippen LogP contribution >= 0.6 is 0 Å². The number of rotatable bonds is 5. The molecule has 0 atom stereocenters. The van der Waals surface area contributed by atoms with Crippen LogP contribution in [0.1, 0.15) is 6.42 Å². The van der Waals surface area contributed by atoms with E-state index in [1.807, 2.05) is 6.07 Å². The first-order chi connectivity index (χ1) is 13.1. The van der Waals surface area contributed by atoms with E-state index in [9.17, 15) is 14.4 Å². The predicted molar refractivity (Wildman–Crippen MR) is 104 cm³/mol. The molecule has 0 bridgehead atoms. The maximum Gasteiger partial charge on any atom is 0.318 e. The highest BCUT2D eigenvalue weighted by Crippen LogP contribution is 2.14. The highest BCUT2D eigenvalue weighted by molar-refractivity contribution is 5.92. The molecule has 27 heavy (non-hydrogen) atoms. The van der Waals surface area contributed by atoms with Gasteiger partial charge in [-0.15, -0.1) is 0 Å². The van der Waals surface area contributed by atoms with E-state index in [4.69, 9.17) is 0 Å². The van der Waals surface area contributed by atoms with Crippen molar-refractivity contribution in [3.05, 3.63) is 65.0 Å². The maximum atomic E-state index is 12.2. The van der Waals surface area contributed by atoms with Gasteiger partial charge in [0.15, 0.2) is 0 Å². The second-order valence-corrected chi connectivity index (χ2v) is 5.83. The molecule has 3 rings (SSSR count). The molecule has 2 aromatic carbocycles. The summed E-state index contributed by atoms with van der Waals surface area (Å²) in [4.78, 5) is 35.3. The summed E-state index contributed by atoms with van der Waals surface area (Å²) in [6.07, 6.45) is 1.47. The zero-order valence-electron chi connectivity index (χ0n) is 14.7. The van der Waals surface area contributed by atoms with Gasteiger partial charge in [0.25, 0.3) is 0 Å². The van der Waals surface area contributed by atoms with Gasteiger partial charge in [0.2, 0.25) is 11.3 Å². The number of nitrogens with zero attached hydrogens (tertiary/aromatic N) is 2. The largest absolute Gasteiger partial charge is 0.341 e. The van der Waals surface area contributed by atoms with Gasteiger partial charge in [0, 0.05) is 30.2 Å². The van der Waals surface area contributed by atoms with Gasteiger partial charge in [-0.05, 0) is 36.4 Å². The van der Waals surface area contributed by atoms with Crippen molar-refractivity contribution in [1.29, 1.82) is 0 Å². The molecular weight excluding hydrogens is 346 g/mol. The number of anilines is 2. The Bertz CT molecular complexity index is 1030. The lowest BCUT2D eigenvalue weighted by Gasteiger charge is -2.10. The molecular formula is C19H19N5O3. The predicted octanol–water partition coefficient (Wildman–Crippen LogP) is 2.18. The third kappa shape index (κ3) is 4.49. The van der Waals surface area contributed by atoms with Crippen molar-refractivity contribution >= 4 is 34.2 Å². The molecule has 0 unspecified atom stereocenters. The lowest BCUT2D eigenvalue weighted by Crippen LogP contribution is -2.24. The van der Waals surface area contributed by atoms with E-state index in [1.54, 1.807) is 47.1 Å². The molecule has 0 fully saturated rings. The van der Waals surface area contributed by atoms with E-state index in [0.717, 1.165) is 0 Å². The number of hydrogen-bond acceptors (Lipinski definition) is 4. The number of aromatic nitrogens is 2. The van der Waals surface area contributed by atoms with Crippen molar-refractivity contribution in [2.75, 3.05) is 17.7 Å². The molecule has 3 amide bonds. The highest BCUT2D eigenvalue weighted by atomic mass is 16.2. The van der Waals surface area contributed by atoms with Crippen LogP contribution in [-0.4, -0.2) is 28.8 Å². The van der Waals surface area contributed by atoms with Gasteiger partial charge in [-0.25, -0.2) is 4.79 Å². The Morgan fingerprint density at radius 1 is 1.00 bits per heavy atom. The number of hydrogen-bond donors (Lipinski definition) is 3. The molecule has 3 aromatic rings. The molecule has 0 aliphatic carbocycles. The average Bonchev–Trinajstić information content (AvgIpc) is 2.69. The molecule has 0 saturated heterocycles. The van der Waals surface area contributed by atoms with Crippen molar-refractivity contribution < 1.29 is 9.59 Å². The van der Waals surface area contributed by atoms with Crippen LogP contribution in [-0.2, 0) is 11.3 Å². The monoisotopic (exact) mass is 365 g/mol. The Morgan fingerprint density at radius 3 is 2.37 bits per heavy atom. The van der Waals surface area contributed by atoms with Crippen LogP contribution < -0.4 is 21.4 Å². The van der Waals surface area contributed by atoms with Crippen molar-refractivity contribution in [2.24, 2.45) is 0 Å². The summed E-state index contributed by atoms with van der Waals surface area (Å²) in [6, 6.07) is 13.7. The molecule has 8 heteroatoms. The summed E-state index contributed by atoms with van der Waals surface area (Å²) < 4.78 is 1.65. The fraction of sp³-hybridized carbons (Fsp3) is 0.158. The lowest BCUT2D eigenvalue weighted by atomic mass is 10.2. The smallest absolute Gasteiger partial charge is 0.318 e. The van der Waals surface area contributed by atoms with Gasteiger partial charge in [0.05, 0.1) is 18.3 Å². The minimum atomic E-state index is -0.312. The fourth-order valence-corrected chi connectivity index (χ4v) is 2.60. The van der Waals surface area contributed by atoms with Gasteiger partial charge < -0.3 is 16.0 Å². The van der Waals surface area contributed by atoms with Crippen LogP contribution in [0.2, 0.25) is 0 Å². The van der Waals surface area contributed by atoms with E-state index in [-0.39, 0.29) is 23.8 Å². The number of nitrogens with one attached hydrogen (secondary N) is 3. The normalized spacial score (nSPS) is 10.4. The molecule has 0 spiro atoms. The Balaban J connectivity index is 1.61. The van der Waals surface area contributed by atoms with Crippen LogP contribution in [0.15, 0.2) is 59.5 Å². The first-order valence-corrected chi connectivity index (χ1v) is 8.40. The fourth-order valence-electron chi connectivity index (χ4n) is 2.60. The van der Waals surface area contributed by atoms with Gasteiger partial charge in [-0.1, -0.05) is 12.1 Å². The minimum Gasteiger partial charge on any atom is -0.341 e. The van der Waals surface area contributed by atoms with Crippen LogP contribution in [0.3, 0.4) is 0 Å². The number of urea groups is 1. The standard InChI is InChI=1S/C19H19N5O3/c1-20-19(27)23-14-8-6-13(7-9-14)22-18(26)10-11-24-16-5-3-2-4-15(16)17(25)12-21-24/h2-9,12H,10-11H2,1H3,(H,22,26)(H2,20,23,27). The van der Waals surface area contributed by atoms with Gasteiger partial charge in [-0.2, -0.15) is 5.10 Å². The van der Waals surface area contributed by atoms with Crippen LogP contribution in [0.4, 0.5) is 16.2 Å². The third-order valence-electron chi connectivity index (χ3n) is 3.97. The van der Waals surface area contributed by atoms with Crippen molar-refractivity contribution in [3.63, 3.8) is 0 Å². The Kier molecular flexibility index (Phi) is 5.46. The average molecular weight is 365 g/mol. The second kappa shape index (κ2) is 8.13. The molecule has 0 saturated carbocycles. The zero-order valence-corrected chi connectivity index (χ0v) is 14.7. The minimum absolute atomic E-state index is 0.142.